The predicted molar refractivity (Wildman–Crippen MR) is 66.1 cm³/mol. The summed E-state index contributed by atoms with van der Waals surface area (Å²) in [6.07, 6.45) is 0. The molecule has 0 radical (unpaired) electrons. The van der Waals surface area contributed by atoms with Gasteiger partial charge in [-0.05, 0) is 51.3 Å². The van der Waals surface area contributed by atoms with E-state index in [4.69, 9.17) is 4.74 Å². The van der Waals surface area contributed by atoms with Crippen molar-refractivity contribution in [3.63, 3.8) is 0 Å². The van der Waals surface area contributed by atoms with Crippen LogP contribution >= 0.6 is 15.9 Å². The number of methoxy groups -OCH3 is 1. The molecule has 0 N–H and O–H groups in total. The molecule has 82 valence electrons. The molecule has 0 fully saturated rings. The van der Waals surface area contributed by atoms with Gasteiger partial charge in [-0.25, -0.2) is 4.39 Å². The van der Waals surface area contributed by atoms with Gasteiger partial charge in [-0.1, -0.05) is 18.2 Å². The molecule has 0 aliphatic carbocycles. The van der Waals surface area contributed by atoms with Crippen LogP contribution in [0.2, 0.25) is 0 Å². The number of hydrogen-bond donors (Lipinski definition) is 0. The number of rotatable bonds is 2. The zero-order valence-corrected chi connectivity index (χ0v) is 10.3. The molecule has 0 saturated heterocycles. The summed E-state index contributed by atoms with van der Waals surface area (Å²) in [7, 11) is 1.62. The van der Waals surface area contributed by atoms with Gasteiger partial charge < -0.3 is 4.74 Å². The lowest BCUT2D eigenvalue weighted by Crippen LogP contribution is -1.84. The predicted octanol–water partition coefficient (Wildman–Crippen LogP) is 4.26. The summed E-state index contributed by atoms with van der Waals surface area (Å²) in [6, 6.07) is 12.6. The molecule has 3 heteroatoms. The first kappa shape index (κ1) is 11.1. The molecule has 0 heterocycles. The summed E-state index contributed by atoms with van der Waals surface area (Å²) < 4.78 is 18.9. The summed E-state index contributed by atoms with van der Waals surface area (Å²) in [5.74, 6) is 0.537. The Labute approximate surface area is 102 Å². The highest BCUT2D eigenvalue weighted by Crippen LogP contribution is 2.25. The van der Waals surface area contributed by atoms with Crippen molar-refractivity contribution in [3.8, 4) is 16.9 Å². The van der Waals surface area contributed by atoms with Crippen LogP contribution in [0.5, 0.6) is 5.75 Å². The summed E-state index contributed by atoms with van der Waals surface area (Å²) in [5.41, 5.74) is 1.82. The van der Waals surface area contributed by atoms with Crippen LogP contribution in [0.25, 0.3) is 11.1 Å². The minimum absolute atomic E-state index is 0.256. The van der Waals surface area contributed by atoms with E-state index < -0.39 is 0 Å². The quantitative estimate of drug-likeness (QED) is 0.799. The molecule has 1 nitrogen and oxygen atoms in total. The Balaban J connectivity index is 2.38. The molecule has 0 aromatic heterocycles. The van der Waals surface area contributed by atoms with Gasteiger partial charge in [0.05, 0.1) is 11.6 Å². The molecule has 0 spiro atoms. The van der Waals surface area contributed by atoms with Gasteiger partial charge in [-0.3, -0.25) is 0 Å². The number of hydrogen-bond acceptors (Lipinski definition) is 1. The zero-order valence-electron chi connectivity index (χ0n) is 8.71. The van der Waals surface area contributed by atoms with Crippen LogP contribution in [0.1, 0.15) is 0 Å². The fourth-order valence-electron chi connectivity index (χ4n) is 1.46. The first-order chi connectivity index (χ1) is 7.70. The van der Waals surface area contributed by atoms with Crippen molar-refractivity contribution in [2.24, 2.45) is 0 Å². The molecule has 16 heavy (non-hydrogen) atoms. The lowest BCUT2D eigenvalue weighted by atomic mass is 10.1. The fourth-order valence-corrected chi connectivity index (χ4v) is 1.71. The minimum Gasteiger partial charge on any atom is -0.497 e. The molecule has 0 amide bonds. The molecule has 2 aromatic rings. The van der Waals surface area contributed by atoms with Gasteiger partial charge >= 0.3 is 0 Å². The topological polar surface area (TPSA) is 9.23 Å². The molecule has 0 unspecified atom stereocenters. The molecule has 2 rings (SSSR count). The van der Waals surface area contributed by atoms with E-state index in [1.807, 2.05) is 30.3 Å². The van der Waals surface area contributed by atoms with Gasteiger partial charge in [0.15, 0.2) is 0 Å². The third-order valence-corrected chi connectivity index (χ3v) is 2.99. The van der Waals surface area contributed by atoms with Crippen LogP contribution in [0.4, 0.5) is 4.39 Å². The van der Waals surface area contributed by atoms with Gasteiger partial charge in [-0.2, -0.15) is 0 Å². The highest BCUT2D eigenvalue weighted by Gasteiger charge is 2.02. The van der Waals surface area contributed by atoms with Crippen LogP contribution in [-0.4, -0.2) is 7.11 Å². The van der Waals surface area contributed by atoms with Gasteiger partial charge in [0, 0.05) is 0 Å². The van der Waals surface area contributed by atoms with Crippen LogP contribution in [0.3, 0.4) is 0 Å². The maximum Gasteiger partial charge on any atom is 0.137 e. The Kier molecular flexibility index (Phi) is 3.25. The van der Waals surface area contributed by atoms with Gasteiger partial charge in [-0.15, -0.1) is 0 Å². The third kappa shape index (κ3) is 2.25. The normalized spacial score (nSPS) is 10.2. The average Bonchev–Trinajstić information content (AvgIpc) is 2.33. The zero-order chi connectivity index (χ0) is 11.5. The molecule has 0 bridgehead atoms. The Bertz CT molecular complexity index is 494. The summed E-state index contributed by atoms with van der Waals surface area (Å²) in [6.45, 7) is 0. The van der Waals surface area contributed by atoms with Gasteiger partial charge in [0.25, 0.3) is 0 Å². The van der Waals surface area contributed by atoms with Crippen LogP contribution in [0.15, 0.2) is 46.9 Å². The van der Waals surface area contributed by atoms with Crippen molar-refractivity contribution in [1.29, 1.82) is 0 Å². The maximum atomic E-state index is 13.3. The van der Waals surface area contributed by atoms with Gasteiger partial charge in [0.1, 0.15) is 11.6 Å². The molecule has 0 aliphatic rings. The van der Waals surface area contributed by atoms with E-state index in [1.165, 1.54) is 6.07 Å². The molecule has 0 saturated carbocycles. The second-order valence-corrected chi connectivity index (χ2v) is 4.21. The van der Waals surface area contributed by atoms with E-state index in [0.717, 1.165) is 16.9 Å². The van der Waals surface area contributed by atoms with E-state index in [9.17, 15) is 4.39 Å². The van der Waals surface area contributed by atoms with Crippen LogP contribution in [-0.2, 0) is 0 Å². The van der Waals surface area contributed by atoms with Crippen molar-refractivity contribution in [3.05, 3.63) is 52.8 Å². The minimum atomic E-state index is -0.256. The van der Waals surface area contributed by atoms with E-state index in [0.29, 0.717) is 4.47 Å². The first-order valence-corrected chi connectivity index (χ1v) is 5.59. The standard InChI is InChI=1S/C13H10BrFO/c1-16-11-5-2-9(3-6-11)10-4-7-12(14)13(15)8-10/h2-8H,1H3. The Morgan fingerprint density at radius 3 is 2.19 bits per heavy atom. The average molecular weight is 281 g/mol. The van der Waals surface area contributed by atoms with E-state index in [1.54, 1.807) is 13.2 Å². The monoisotopic (exact) mass is 280 g/mol. The smallest absolute Gasteiger partial charge is 0.137 e. The van der Waals surface area contributed by atoms with E-state index in [-0.39, 0.29) is 5.82 Å². The maximum absolute atomic E-state index is 13.3. The van der Waals surface area contributed by atoms with Crippen LogP contribution < -0.4 is 4.74 Å². The number of benzene rings is 2. The van der Waals surface area contributed by atoms with Crippen molar-refractivity contribution in [1.82, 2.24) is 0 Å². The largest absolute Gasteiger partial charge is 0.497 e. The Morgan fingerprint density at radius 2 is 1.62 bits per heavy atom. The molecule has 0 atom stereocenters. The first-order valence-electron chi connectivity index (χ1n) is 4.80. The molecule has 2 aromatic carbocycles. The van der Waals surface area contributed by atoms with Crippen molar-refractivity contribution in [2.45, 2.75) is 0 Å². The second-order valence-electron chi connectivity index (χ2n) is 3.36. The molecular weight excluding hydrogens is 271 g/mol. The summed E-state index contributed by atoms with van der Waals surface area (Å²) >= 11 is 3.13. The van der Waals surface area contributed by atoms with E-state index >= 15 is 0 Å². The Hall–Kier alpha value is -1.35. The van der Waals surface area contributed by atoms with Gasteiger partial charge in [0.2, 0.25) is 0 Å². The van der Waals surface area contributed by atoms with Crippen molar-refractivity contribution >= 4 is 15.9 Å². The van der Waals surface area contributed by atoms with Crippen molar-refractivity contribution in [2.75, 3.05) is 7.11 Å². The third-order valence-electron chi connectivity index (χ3n) is 2.34. The number of ether oxygens (including phenoxy) is 1. The molecular formula is C13H10BrFO. The summed E-state index contributed by atoms with van der Waals surface area (Å²) in [4.78, 5) is 0. The van der Waals surface area contributed by atoms with Crippen molar-refractivity contribution < 1.29 is 9.13 Å². The van der Waals surface area contributed by atoms with Crippen LogP contribution in [0, 0.1) is 5.82 Å². The summed E-state index contributed by atoms with van der Waals surface area (Å²) in [5, 5.41) is 0. The van der Waals surface area contributed by atoms with E-state index in [2.05, 4.69) is 15.9 Å². The SMILES string of the molecule is COc1ccc(-c2ccc(Br)c(F)c2)cc1. The highest BCUT2D eigenvalue weighted by molar-refractivity contribution is 9.10. The highest BCUT2D eigenvalue weighted by atomic mass is 79.9. The Morgan fingerprint density at radius 1 is 1.00 bits per heavy atom. The number of halogens is 2. The lowest BCUT2D eigenvalue weighted by Gasteiger charge is -2.04. The lowest BCUT2D eigenvalue weighted by molar-refractivity contribution is 0.415. The second kappa shape index (κ2) is 4.66. The molecule has 0 aliphatic heterocycles. The fraction of sp³-hybridized carbons (Fsp3) is 0.0769.